The van der Waals surface area contributed by atoms with E-state index >= 15 is 0 Å². The molecule has 104 valence electrons. The molecule has 2 amide bonds. The minimum absolute atomic E-state index is 0.134. The van der Waals surface area contributed by atoms with Crippen molar-refractivity contribution in [1.82, 2.24) is 4.90 Å². The van der Waals surface area contributed by atoms with Gasteiger partial charge in [0, 0.05) is 24.1 Å². The van der Waals surface area contributed by atoms with Crippen molar-refractivity contribution >= 4 is 29.3 Å². The van der Waals surface area contributed by atoms with Crippen molar-refractivity contribution in [3.8, 4) is 0 Å². The molecule has 0 atom stereocenters. The lowest BCUT2D eigenvalue weighted by molar-refractivity contribution is -0.130. The van der Waals surface area contributed by atoms with Gasteiger partial charge in [-0.25, -0.2) is 0 Å². The van der Waals surface area contributed by atoms with Gasteiger partial charge in [-0.3, -0.25) is 9.59 Å². The van der Waals surface area contributed by atoms with Crippen LogP contribution in [0, 0.1) is 0 Å². The van der Waals surface area contributed by atoms with Crippen molar-refractivity contribution in [1.29, 1.82) is 0 Å². The van der Waals surface area contributed by atoms with Crippen LogP contribution in [0.5, 0.6) is 0 Å². The van der Waals surface area contributed by atoms with Gasteiger partial charge in [0.1, 0.15) is 0 Å². The number of carbonyl (C=O) groups is 2. The Hall–Kier alpha value is -1.79. The van der Waals surface area contributed by atoms with E-state index in [1.807, 2.05) is 24.3 Å². The molecule has 0 spiro atoms. The molecule has 2 aliphatic rings. The monoisotopic (exact) mass is 290 g/mol. The maximum Gasteiger partial charge on any atom is 0.262 e. The molecular formula is C14H14N2O3S. The molecule has 0 aliphatic carbocycles. The lowest BCUT2D eigenvalue weighted by atomic mass is 10.3. The van der Waals surface area contributed by atoms with E-state index in [1.165, 1.54) is 17.8 Å². The average Bonchev–Trinajstić information content (AvgIpc) is 2.49. The number of morpholine rings is 1. The molecule has 6 heteroatoms. The third kappa shape index (κ3) is 2.71. The molecule has 1 N–H and O–H groups in total. The first-order valence-corrected chi connectivity index (χ1v) is 7.22. The van der Waals surface area contributed by atoms with Crippen LogP contribution in [0.25, 0.3) is 0 Å². The summed E-state index contributed by atoms with van der Waals surface area (Å²) in [4.78, 5) is 27.2. The second kappa shape index (κ2) is 5.68. The number of anilines is 1. The maximum atomic E-state index is 12.1. The summed E-state index contributed by atoms with van der Waals surface area (Å²) in [6.07, 6.45) is 1.42. The van der Waals surface area contributed by atoms with Crippen molar-refractivity contribution in [2.75, 3.05) is 31.6 Å². The van der Waals surface area contributed by atoms with E-state index in [4.69, 9.17) is 4.74 Å². The van der Waals surface area contributed by atoms with E-state index in [2.05, 4.69) is 5.32 Å². The summed E-state index contributed by atoms with van der Waals surface area (Å²) in [6, 6.07) is 7.55. The van der Waals surface area contributed by atoms with Crippen LogP contribution >= 0.6 is 11.8 Å². The summed E-state index contributed by atoms with van der Waals surface area (Å²) in [5, 5.41) is 2.79. The first-order chi connectivity index (χ1) is 9.74. The Morgan fingerprint density at radius 3 is 2.85 bits per heavy atom. The van der Waals surface area contributed by atoms with Crippen LogP contribution in [0.1, 0.15) is 0 Å². The lowest BCUT2D eigenvalue weighted by Crippen LogP contribution is -2.40. The van der Waals surface area contributed by atoms with Crippen LogP contribution in [0.15, 0.2) is 40.1 Å². The van der Waals surface area contributed by atoms with Gasteiger partial charge in [-0.2, -0.15) is 0 Å². The van der Waals surface area contributed by atoms with Crippen LogP contribution in [-0.2, 0) is 14.3 Å². The van der Waals surface area contributed by atoms with Gasteiger partial charge < -0.3 is 15.0 Å². The second-order valence-electron chi connectivity index (χ2n) is 4.50. The van der Waals surface area contributed by atoms with Crippen molar-refractivity contribution in [2.24, 2.45) is 0 Å². The van der Waals surface area contributed by atoms with Crippen LogP contribution < -0.4 is 5.32 Å². The zero-order valence-electron chi connectivity index (χ0n) is 10.8. The number of rotatable bonds is 1. The molecule has 0 saturated carbocycles. The summed E-state index contributed by atoms with van der Waals surface area (Å²) >= 11 is 1.33. The first-order valence-electron chi connectivity index (χ1n) is 6.40. The van der Waals surface area contributed by atoms with E-state index in [0.717, 1.165) is 10.6 Å². The molecule has 1 fully saturated rings. The SMILES string of the molecule is O=C1Nc2ccccc2SC1=CC(=O)N1CCOCC1. The van der Waals surface area contributed by atoms with Crippen LogP contribution in [-0.4, -0.2) is 43.0 Å². The fourth-order valence-corrected chi connectivity index (χ4v) is 3.01. The molecule has 20 heavy (non-hydrogen) atoms. The summed E-state index contributed by atoms with van der Waals surface area (Å²) in [7, 11) is 0. The number of amides is 2. The molecule has 0 radical (unpaired) electrons. The number of para-hydroxylation sites is 1. The normalized spacial score (nSPS) is 20.5. The highest BCUT2D eigenvalue weighted by Gasteiger charge is 2.23. The molecule has 0 bridgehead atoms. The Kier molecular flexibility index (Phi) is 3.75. The molecule has 2 heterocycles. The van der Waals surface area contributed by atoms with Crippen LogP contribution in [0.3, 0.4) is 0 Å². The predicted molar refractivity (Wildman–Crippen MR) is 76.4 cm³/mol. The van der Waals surface area contributed by atoms with Gasteiger partial charge in [-0.15, -0.1) is 0 Å². The van der Waals surface area contributed by atoms with Gasteiger partial charge in [0.15, 0.2) is 0 Å². The van der Waals surface area contributed by atoms with Gasteiger partial charge in [0.05, 0.1) is 23.8 Å². The van der Waals surface area contributed by atoms with Gasteiger partial charge >= 0.3 is 0 Å². The molecule has 1 aromatic rings. The van der Waals surface area contributed by atoms with Crippen LogP contribution in [0.2, 0.25) is 0 Å². The lowest BCUT2D eigenvalue weighted by Gasteiger charge is -2.26. The number of fused-ring (bicyclic) bond motifs is 1. The molecule has 0 aromatic heterocycles. The van der Waals surface area contributed by atoms with Gasteiger partial charge in [0.25, 0.3) is 5.91 Å². The number of benzene rings is 1. The fourth-order valence-electron chi connectivity index (χ4n) is 2.09. The highest BCUT2D eigenvalue weighted by Crippen LogP contribution is 2.37. The second-order valence-corrected chi connectivity index (χ2v) is 5.58. The highest BCUT2D eigenvalue weighted by atomic mass is 32.2. The zero-order valence-corrected chi connectivity index (χ0v) is 11.6. The summed E-state index contributed by atoms with van der Waals surface area (Å²) in [5.74, 6) is -0.361. The molecule has 3 rings (SSSR count). The molecule has 2 aliphatic heterocycles. The maximum absolute atomic E-state index is 12.1. The largest absolute Gasteiger partial charge is 0.378 e. The smallest absolute Gasteiger partial charge is 0.262 e. The minimum atomic E-state index is -0.227. The quantitative estimate of drug-likeness (QED) is 0.796. The third-order valence-corrected chi connectivity index (χ3v) is 4.26. The Morgan fingerprint density at radius 1 is 1.30 bits per heavy atom. The van der Waals surface area contributed by atoms with Crippen molar-refractivity contribution in [2.45, 2.75) is 4.90 Å². The van der Waals surface area contributed by atoms with Crippen molar-refractivity contribution < 1.29 is 14.3 Å². The predicted octanol–water partition coefficient (Wildman–Crippen LogP) is 1.47. The molecule has 1 saturated heterocycles. The first kappa shape index (κ1) is 13.2. The number of hydrogen-bond donors (Lipinski definition) is 1. The Balaban J connectivity index is 1.78. The number of ether oxygens (including phenoxy) is 1. The van der Waals surface area contributed by atoms with Crippen molar-refractivity contribution in [3.05, 3.63) is 35.2 Å². The van der Waals surface area contributed by atoms with Gasteiger partial charge in [-0.05, 0) is 12.1 Å². The standard InChI is InChI=1S/C14H14N2O3S/c17-13(16-5-7-19-8-6-16)9-12-14(18)15-10-3-1-2-4-11(10)20-12/h1-4,9H,5-8H2,(H,15,18). The summed E-state index contributed by atoms with van der Waals surface area (Å²) in [6.45, 7) is 2.26. The Labute approximate surface area is 121 Å². The topological polar surface area (TPSA) is 58.6 Å². The Morgan fingerprint density at radius 2 is 2.05 bits per heavy atom. The summed E-state index contributed by atoms with van der Waals surface area (Å²) in [5.41, 5.74) is 0.790. The molecule has 5 nitrogen and oxygen atoms in total. The highest BCUT2D eigenvalue weighted by molar-refractivity contribution is 8.04. The number of thioether (sulfide) groups is 1. The molecule has 1 aromatic carbocycles. The van der Waals surface area contributed by atoms with E-state index in [9.17, 15) is 9.59 Å². The fraction of sp³-hybridized carbons (Fsp3) is 0.286. The van der Waals surface area contributed by atoms with Crippen LogP contribution in [0.4, 0.5) is 5.69 Å². The summed E-state index contributed by atoms with van der Waals surface area (Å²) < 4.78 is 5.21. The molecular weight excluding hydrogens is 276 g/mol. The zero-order chi connectivity index (χ0) is 13.9. The van der Waals surface area contributed by atoms with Gasteiger partial charge in [0.2, 0.25) is 5.91 Å². The van der Waals surface area contributed by atoms with E-state index in [0.29, 0.717) is 31.2 Å². The average molecular weight is 290 g/mol. The minimum Gasteiger partial charge on any atom is -0.378 e. The third-order valence-electron chi connectivity index (χ3n) is 3.16. The Bertz CT molecular complexity index is 580. The van der Waals surface area contributed by atoms with Crippen molar-refractivity contribution in [3.63, 3.8) is 0 Å². The number of nitrogens with zero attached hydrogens (tertiary/aromatic N) is 1. The molecule has 0 unspecified atom stereocenters. The van der Waals surface area contributed by atoms with E-state index in [1.54, 1.807) is 4.90 Å². The number of nitrogens with one attached hydrogen (secondary N) is 1. The van der Waals surface area contributed by atoms with Gasteiger partial charge in [-0.1, -0.05) is 23.9 Å². The number of hydrogen-bond acceptors (Lipinski definition) is 4. The van der Waals surface area contributed by atoms with E-state index in [-0.39, 0.29) is 11.8 Å². The number of carbonyl (C=O) groups excluding carboxylic acids is 2. The van der Waals surface area contributed by atoms with E-state index < -0.39 is 0 Å².